The Hall–Kier alpha value is -2.03. The van der Waals surface area contributed by atoms with E-state index in [1.807, 2.05) is 27.7 Å². The number of nitrogens with one attached hydrogen (secondary N) is 1. The average Bonchev–Trinajstić information content (AvgIpc) is 2.62. The molecule has 1 aromatic rings. The van der Waals surface area contributed by atoms with E-state index < -0.39 is 0 Å². The first-order chi connectivity index (χ1) is 13.2. The van der Waals surface area contributed by atoms with E-state index in [4.69, 9.17) is 5.11 Å². The minimum Gasteiger partial charge on any atom is -0.395 e. The van der Waals surface area contributed by atoms with Crippen molar-refractivity contribution in [3.8, 4) is 0 Å². The zero-order valence-electron chi connectivity index (χ0n) is 17.3. The Bertz CT molecular complexity index is 698. The Morgan fingerprint density at radius 1 is 1.14 bits per heavy atom. The molecule has 1 heterocycles. The summed E-state index contributed by atoms with van der Waals surface area (Å²) in [5.41, 5.74) is 2.13. The monoisotopic (exact) mass is 392 g/mol. The number of β-amino-alcohol motifs (C(OH)–C–C–N with tert-alkyl or cyclic N) is 1. The number of carbonyl (C=O) groups excluding carboxylic acids is 1. The lowest BCUT2D eigenvalue weighted by Gasteiger charge is -2.34. The van der Waals surface area contributed by atoms with Crippen molar-refractivity contribution in [3.63, 3.8) is 0 Å². The standard InChI is InChI=1S/C20H32N4O4/c1-14(2)16-5-6-17(24(27)28)19(15(3)4)20(16)21-18(26)13-23-9-7-22(8-10-23)11-12-25/h5-6,14-15,25H,7-13H2,1-4H3,(H,21,26). The molecule has 0 aliphatic carbocycles. The molecule has 8 heteroatoms. The summed E-state index contributed by atoms with van der Waals surface area (Å²) in [6.07, 6.45) is 0. The Labute approximate surface area is 166 Å². The van der Waals surface area contributed by atoms with Crippen molar-refractivity contribution in [2.45, 2.75) is 39.5 Å². The molecule has 8 nitrogen and oxygen atoms in total. The molecule has 1 aliphatic rings. The molecule has 1 fully saturated rings. The quantitative estimate of drug-likeness (QED) is 0.521. The molecule has 2 N–H and O–H groups in total. The van der Waals surface area contributed by atoms with Gasteiger partial charge in [0.05, 0.1) is 29.3 Å². The van der Waals surface area contributed by atoms with Crippen LogP contribution in [0.5, 0.6) is 0 Å². The fourth-order valence-corrected chi connectivity index (χ4v) is 3.68. The van der Waals surface area contributed by atoms with Crippen molar-refractivity contribution < 1.29 is 14.8 Å². The van der Waals surface area contributed by atoms with Gasteiger partial charge in [0.1, 0.15) is 0 Å². The lowest BCUT2D eigenvalue weighted by atomic mass is 9.91. The molecule has 28 heavy (non-hydrogen) atoms. The number of benzene rings is 1. The van der Waals surface area contributed by atoms with E-state index in [0.717, 1.165) is 31.7 Å². The van der Waals surface area contributed by atoms with E-state index in [1.165, 1.54) is 0 Å². The third-order valence-corrected chi connectivity index (χ3v) is 5.16. The summed E-state index contributed by atoms with van der Waals surface area (Å²) in [7, 11) is 0. The maximum absolute atomic E-state index is 12.7. The molecule has 2 rings (SSSR count). The van der Waals surface area contributed by atoms with Crippen LogP contribution in [0.4, 0.5) is 11.4 Å². The molecule has 1 amide bonds. The highest BCUT2D eigenvalue weighted by Crippen LogP contribution is 2.38. The third kappa shape index (κ3) is 5.50. The van der Waals surface area contributed by atoms with Gasteiger partial charge in [-0.3, -0.25) is 24.7 Å². The molecular formula is C20H32N4O4. The number of amides is 1. The summed E-state index contributed by atoms with van der Waals surface area (Å²) in [4.78, 5) is 28.1. The number of nitrogens with zero attached hydrogens (tertiary/aromatic N) is 3. The van der Waals surface area contributed by atoms with Crippen LogP contribution in [0.3, 0.4) is 0 Å². The third-order valence-electron chi connectivity index (χ3n) is 5.16. The lowest BCUT2D eigenvalue weighted by molar-refractivity contribution is -0.385. The van der Waals surface area contributed by atoms with Gasteiger partial charge in [0.2, 0.25) is 5.91 Å². The van der Waals surface area contributed by atoms with E-state index in [0.29, 0.717) is 17.8 Å². The van der Waals surface area contributed by atoms with Crippen molar-refractivity contribution in [1.29, 1.82) is 0 Å². The highest BCUT2D eigenvalue weighted by Gasteiger charge is 2.26. The van der Waals surface area contributed by atoms with Crippen LogP contribution in [0.1, 0.15) is 50.7 Å². The first-order valence-corrected chi connectivity index (χ1v) is 9.91. The molecule has 0 bridgehead atoms. The number of nitro benzene ring substituents is 1. The molecule has 1 aromatic carbocycles. The van der Waals surface area contributed by atoms with Gasteiger partial charge in [-0.1, -0.05) is 27.7 Å². The van der Waals surface area contributed by atoms with Crippen molar-refractivity contribution in [3.05, 3.63) is 33.4 Å². The second kappa shape index (κ2) is 9.95. The number of aliphatic hydroxyl groups is 1. The second-order valence-electron chi connectivity index (χ2n) is 7.92. The van der Waals surface area contributed by atoms with Crippen LogP contribution in [-0.2, 0) is 4.79 Å². The Kier molecular flexibility index (Phi) is 7.91. The number of carbonyl (C=O) groups is 1. The summed E-state index contributed by atoms with van der Waals surface area (Å²) in [5, 5.41) is 23.5. The normalized spacial score (nSPS) is 16.0. The van der Waals surface area contributed by atoms with Crippen molar-refractivity contribution in [2.24, 2.45) is 0 Å². The molecule has 1 aliphatic heterocycles. The Morgan fingerprint density at radius 2 is 1.75 bits per heavy atom. The van der Waals surface area contributed by atoms with Crippen LogP contribution >= 0.6 is 0 Å². The van der Waals surface area contributed by atoms with E-state index in [-0.39, 0.29) is 41.5 Å². The largest absolute Gasteiger partial charge is 0.395 e. The first kappa shape index (κ1) is 22.3. The Balaban J connectivity index is 2.18. The Morgan fingerprint density at radius 3 is 2.25 bits per heavy atom. The molecule has 0 radical (unpaired) electrons. The maximum Gasteiger partial charge on any atom is 0.274 e. The predicted molar refractivity (Wildman–Crippen MR) is 110 cm³/mol. The fourth-order valence-electron chi connectivity index (χ4n) is 3.68. The number of hydrogen-bond acceptors (Lipinski definition) is 6. The SMILES string of the molecule is CC(C)c1ccc([N+](=O)[O-])c(C(C)C)c1NC(=O)CN1CCN(CCO)CC1. The summed E-state index contributed by atoms with van der Waals surface area (Å²) in [6.45, 7) is 12.1. The van der Waals surface area contributed by atoms with Crippen LogP contribution in [0.15, 0.2) is 12.1 Å². The van der Waals surface area contributed by atoms with Crippen LogP contribution in [0.2, 0.25) is 0 Å². The number of nitro groups is 1. The van der Waals surface area contributed by atoms with Crippen molar-refractivity contribution in [1.82, 2.24) is 9.80 Å². The topological polar surface area (TPSA) is 99.0 Å². The van der Waals surface area contributed by atoms with Gasteiger partial charge >= 0.3 is 0 Å². The van der Waals surface area contributed by atoms with Gasteiger partial charge in [0, 0.05) is 38.8 Å². The van der Waals surface area contributed by atoms with E-state index in [2.05, 4.69) is 15.1 Å². The van der Waals surface area contributed by atoms with Gasteiger partial charge in [-0.25, -0.2) is 0 Å². The fraction of sp³-hybridized carbons (Fsp3) is 0.650. The second-order valence-corrected chi connectivity index (χ2v) is 7.92. The van der Waals surface area contributed by atoms with Crippen molar-refractivity contribution >= 4 is 17.3 Å². The zero-order valence-corrected chi connectivity index (χ0v) is 17.3. The van der Waals surface area contributed by atoms with Crippen LogP contribution < -0.4 is 5.32 Å². The van der Waals surface area contributed by atoms with Gasteiger partial charge in [0.25, 0.3) is 5.69 Å². The number of piperazine rings is 1. The number of hydrogen-bond donors (Lipinski definition) is 2. The summed E-state index contributed by atoms with van der Waals surface area (Å²) < 4.78 is 0. The first-order valence-electron chi connectivity index (χ1n) is 9.91. The molecule has 156 valence electrons. The predicted octanol–water partition coefficient (Wildman–Crippen LogP) is 2.39. The van der Waals surface area contributed by atoms with Crippen LogP contribution in [0, 0.1) is 10.1 Å². The summed E-state index contributed by atoms with van der Waals surface area (Å²) in [5.74, 6) is -0.105. The average molecular weight is 393 g/mol. The van der Waals surface area contributed by atoms with Crippen molar-refractivity contribution in [2.75, 3.05) is 51.2 Å². The minimum atomic E-state index is -0.379. The molecule has 1 saturated heterocycles. The van der Waals surface area contributed by atoms with E-state index in [1.54, 1.807) is 12.1 Å². The molecule has 0 atom stereocenters. The summed E-state index contributed by atoms with van der Waals surface area (Å²) in [6, 6.07) is 3.29. The summed E-state index contributed by atoms with van der Waals surface area (Å²) >= 11 is 0. The number of rotatable bonds is 8. The number of anilines is 1. The molecule has 0 saturated carbocycles. The van der Waals surface area contributed by atoms with E-state index >= 15 is 0 Å². The van der Waals surface area contributed by atoms with Gasteiger partial charge in [0.15, 0.2) is 0 Å². The molecular weight excluding hydrogens is 360 g/mol. The number of aliphatic hydroxyl groups excluding tert-OH is 1. The zero-order chi connectivity index (χ0) is 20.8. The maximum atomic E-state index is 12.7. The lowest BCUT2D eigenvalue weighted by Crippen LogP contribution is -2.49. The van der Waals surface area contributed by atoms with Gasteiger partial charge in [-0.15, -0.1) is 0 Å². The van der Waals surface area contributed by atoms with E-state index in [9.17, 15) is 14.9 Å². The van der Waals surface area contributed by atoms with Crippen LogP contribution in [0.25, 0.3) is 0 Å². The smallest absolute Gasteiger partial charge is 0.274 e. The minimum absolute atomic E-state index is 0.0484. The van der Waals surface area contributed by atoms with Gasteiger partial charge in [-0.2, -0.15) is 0 Å². The highest BCUT2D eigenvalue weighted by molar-refractivity contribution is 5.94. The molecule has 0 unspecified atom stereocenters. The van der Waals surface area contributed by atoms with Gasteiger partial charge in [-0.05, 0) is 23.5 Å². The van der Waals surface area contributed by atoms with Gasteiger partial charge < -0.3 is 10.4 Å². The highest BCUT2D eigenvalue weighted by atomic mass is 16.6. The molecule has 0 aromatic heterocycles. The van der Waals surface area contributed by atoms with Crippen LogP contribution in [-0.4, -0.2) is 71.6 Å². The molecule has 0 spiro atoms.